The molecule has 6 nitrogen and oxygen atoms in total. The molecule has 4 rings (SSSR count). The number of imidazole rings is 1. The van der Waals surface area contributed by atoms with Gasteiger partial charge < -0.3 is 14.6 Å². The molecule has 0 radical (unpaired) electrons. The van der Waals surface area contributed by atoms with Crippen LogP contribution >= 0.6 is 11.6 Å². The first kappa shape index (κ1) is 27.2. The number of nitrogens with one attached hydrogen (secondary N) is 1. The molecule has 198 valence electrons. The molecule has 1 fully saturated rings. The number of carbonyl (C=O) groups is 1. The number of carbonyl (C=O) groups excluding carboxylic acids is 1. The first-order valence-electron chi connectivity index (χ1n) is 13.2. The van der Waals surface area contributed by atoms with Gasteiger partial charge in [0, 0.05) is 55.7 Å². The highest BCUT2D eigenvalue weighted by atomic mass is 35.5. The molecule has 0 saturated carbocycles. The van der Waals surface area contributed by atoms with Crippen LogP contribution in [-0.4, -0.2) is 52.4 Å². The standard InChI is InChI=1S/C30H39ClN4O2/c1-5-28-32-23(3)27(33-28)19-35-15-9-14-30(20-35,21-37-25-12-13-26(31)22(2)16-25)17-29(36)34(4)18-24-10-7-6-8-11-24/h6-8,10-13,16H,5,9,14-15,17-21H2,1-4H3,(H,32,33). The van der Waals surface area contributed by atoms with E-state index < -0.39 is 0 Å². The first-order chi connectivity index (χ1) is 17.8. The van der Waals surface area contributed by atoms with Crippen molar-refractivity contribution >= 4 is 17.5 Å². The van der Waals surface area contributed by atoms with Gasteiger partial charge in [-0.25, -0.2) is 4.98 Å². The Hall–Kier alpha value is -2.83. The van der Waals surface area contributed by atoms with E-state index in [1.54, 1.807) is 0 Å². The fourth-order valence-corrected chi connectivity index (χ4v) is 5.32. The van der Waals surface area contributed by atoms with Gasteiger partial charge in [0.2, 0.25) is 5.91 Å². The van der Waals surface area contributed by atoms with E-state index in [1.165, 1.54) is 0 Å². The van der Waals surface area contributed by atoms with E-state index in [9.17, 15) is 4.79 Å². The van der Waals surface area contributed by atoms with Gasteiger partial charge in [0.15, 0.2) is 0 Å². The number of H-pyrrole nitrogens is 1. The van der Waals surface area contributed by atoms with E-state index in [4.69, 9.17) is 21.3 Å². The molecule has 2 aromatic carbocycles. The molecule has 0 bridgehead atoms. The van der Waals surface area contributed by atoms with Crippen LogP contribution in [-0.2, 0) is 24.3 Å². The number of rotatable bonds is 10. The number of ether oxygens (including phenoxy) is 1. The van der Waals surface area contributed by atoms with Crippen molar-refractivity contribution in [1.29, 1.82) is 0 Å². The zero-order valence-corrected chi connectivity index (χ0v) is 23.3. The zero-order valence-electron chi connectivity index (χ0n) is 22.5. The van der Waals surface area contributed by atoms with E-state index in [2.05, 4.69) is 35.9 Å². The van der Waals surface area contributed by atoms with Crippen LogP contribution in [0.25, 0.3) is 0 Å². The second kappa shape index (κ2) is 12.1. The van der Waals surface area contributed by atoms with Crippen LogP contribution in [0.1, 0.15) is 54.5 Å². The SMILES string of the molecule is CCc1nc(CN2CCCC(COc3ccc(Cl)c(C)c3)(CC(=O)N(C)Cc3ccccc3)C2)c(C)[nH]1. The maximum absolute atomic E-state index is 13.5. The number of amides is 1. The average molecular weight is 523 g/mol. The molecule has 37 heavy (non-hydrogen) atoms. The van der Waals surface area contributed by atoms with Gasteiger partial charge >= 0.3 is 0 Å². The number of hydrogen-bond donors (Lipinski definition) is 1. The number of aromatic amines is 1. The summed E-state index contributed by atoms with van der Waals surface area (Å²) in [6.07, 6.45) is 3.30. The van der Waals surface area contributed by atoms with Gasteiger partial charge in [-0.3, -0.25) is 9.69 Å². The minimum atomic E-state index is -0.286. The van der Waals surface area contributed by atoms with Gasteiger partial charge in [0.25, 0.3) is 0 Å². The summed E-state index contributed by atoms with van der Waals surface area (Å²) in [5.74, 6) is 1.96. The van der Waals surface area contributed by atoms with E-state index in [0.29, 0.717) is 19.6 Å². The molecule has 1 amide bonds. The second-order valence-electron chi connectivity index (χ2n) is 10.5. The topological polar surface area (TPSA) is 61.5 Å². The summed E-state index contributed by atoms with van der Waals surface area (Å²) in [6.45, 7) is 9.82. The summed E-state index contributed by atoms with van der Waals surface area (Å²) in [6, 6.07) is 15.9. The van der Waals surface area contributed by atoms with Crippen molar-refractivity contribution in [2.45, 2.75) is 59.5 Å². The Labute approximate surface area is 226 Å². The van der Waals surface area contributed by atoms with Crippen molar-refractivity contribution in [3.63, 3.8) is 0 Å². The summed E-state index contributed by atoms with van der Waals surface area (Å²) in [4.78, 5) is 26.0. The Bertz CT molecular complexity index is 1200. The zero-order chi connectivity index (χ0) is 26.4. The minimum Gasteiger partial charge on any atom is -0.493 e. The summed E-state index contributed by atoms with van der Waals surface area (Å²) in [7, 11) is 1.90. The number of aryl methyl sites for hydroxylation is 3. The van der Waals surface area contributed by atoms with Crippen LogP contribution in [0.5, 0.6) is 5.75 Å². The molecule has 1 aromatic heterocycles. The highest BCUT2D eigenvalue weighted by Gasteiger charge is 2.39. The van der Waals surface area contributed by atoms with Gasteiger partial charge in [-0.15, -0.1) is 0 Å². The molecule has 1 aliphatic rings. The highest BCUT2D eigenvalue weighted by molar-refractivity contribution is 6.31. The van der Waals surface area contributed by atoms with Crippen molar-refractivity contribution < 1.29 is 9.53 Å². The predicted molar refractivity (Wildman–Crippen MR) is 149 cm³/mol. The molecule has 0 aliphatic carbocycles. The van der Waals surface area contributed by atoms with E-state index in [-0.39, 0.29) is 11.3 Å². The quantitative estimate of drug-likeness (QED) is 0.357. The number of likely N-dealkylation sites (tertiary alicyclic amines) is 1. The van der Waals surface area contributed by atoms with Crippen molar-refractivity contribution in [1.82, 2.24) is 19.8 Å². The molecular formula is C30H39ClN4O2. The summed E-state index contributed by atoms with van der Waals surface area (Å²) < 4.78 is 6.35. The molecule has 1 unspecified atom stereocenters. The maximum Gasteiger partial charge on any atom is 0.223 e. The molecule has 0 spiro atoms. The predicted octanol–water partition coefficient (Wildman–Crippen LogP) is 5.95. The van der Waals surface area contributed by atoms with Gasteiger partial charge in [-0.2, -0.15) is 0 Å². The third kappa shape index (κ3) is 7.14. The van der Waals surface area contributed by atoms with Gasteiger partial charge in [0.1, 0.15) is 11.6 Å². The average Bonchev–Trinajstić information content (AvgIpc) is 3.24. The number of benzene rings is 2. The number of hydrogen-bond acceptors (Lipinski definition) is 4. The molecule has 1 aliphatic heterocycles. The third-order valence-corrected chi connectivity index (χ3v) is 7.80. The van der Waals surface area contributed by atoms with Crippen LogP contribution in [0.15, 0.2) is 48.5 Å². The first-order valence-corrected chi connectivity index (χ1v) is 13.6. The lowest BCUT2D eigenvalue weighted by Crippen LogP contribution is -2.48. The number of piperidine rings is 1. The lowest BCUT2D eigenvalue weighted by molar-refractivity contribution is -0.135. The number of nitrogens with zero attached hydrogens (tertiary/aromatic N) is 3. The number of halogens is 1. The second-order valence-corrected chi connectivity index (χ2v) is 10.9. The molecule has 2 heterocycles. The van der Waals surface area contributed by atoms with Crippen molar-refractivity contribution in [2.24, 2.45) is 5.41 Å². The largest absolute Gasteiger partial charge is 0.493 e. The van der Waals surface area contributed by atoms with E-state index >= 15 is 0 Å². The van der Waals surface area contributed by atoms with Crippen LogP contribution in [0.4, 0.5) is 0 Å². The van der Waals surface area contributed by atoms with Gasteiger partial charge in [-0.1, -0.05) is 48.9 Å². The molecular weight excluding hydrogens is 484 g/mol. The van der Waals surface area contributed by atoms with Crippen LogP contribution in [0.3, 0.4) is 0 Å². The molecule has 1 N–H and O–H groups in total. The monoisotopic (exact) mass is 522 g/mol. The lowest BCUT2D eigenvalue weighted by Gasteiger charge is -2.42. The highest BCUT2D eigenvalue weighted by Crippen LogP contribution is 2.36. The fourth-order valence-electron chi connectivity index (χ4n) is 5.20. The Balaban J connectivity index is 1.51. The van der Waals surface area contributed by atoms with Crippen molar-refractivity contribution in [3.05, 3.63) is 81.9 Å². The van der Waals surface area contributed by atoms with Gasteiger partial charge in [0.05, 0.1) is 12.3 Å². The Kier molecular flexibility index (Phi) is 8.93. The van der Waals surface area contributed by atoms with E-state index in [0.717, 1.165) is 78.0 Å². The Morgan fingerprint density at radius 3 is 2.70 bits per heavy atom. The Morgan fingerprint density at radius 2 is 2.00 bits per heavy atom. The van der Waals surface area contributed by atoms with Crippen LogP contribution in [0, 0.1) is 19.3 Å². The van der Waals surface area contributed by atoms with Gasteiger partial charge in [-0.05, 0) is 62.6 Å². The maximum atomic E-state index is 13.5. The molecule has 1 atom stereocenters. The van der Waals surface area contributed by atoms with Crippen molar-refractivity contribution in [2.75, 3.05) is 26.7 Å². The fraction of sp³-hybridized carbons (Fsp3) is 0.467. The van der Waals surface area contributed by atoms with Crippen LogP contribution in [0.2, 0.25) is 5.02 Å². The normalized spacial score (nSPS) is 18.1. The van der Waals surface area contributed by atoms with E-state index in [1.807, 2.05) is 55.3 Å². The minimum absolute atomic E-state index is 0.144. The third-order valence-electron chi connectivity index (χ3n) is 7.37. The lowest BCUT2D eigenvalue weighted by atomic mass is 9.77. The molecule has 1 saturated heterocycles. The molecule has 3 aromatic rings. The van der Waals surface area contributed by atoms with Crippen LogP contribution < -0.4 is 4.74 Å². The summed E-state index contributed by atoms with van der Waals surface area (Å²) in [5, 5.41) is 0.726. The smallest absolute Gasteiger partial charge is 0.223 e. The Morgan fingerprint density at radius 1 is 1.22 bits per heavy atom. The number of aromatic nitrogens is 2. The van der Waals surface area contributed by atoms with Crippen molar-refractivity contribution in [3.8, 4) is 5.75 Å². The molecule has 7 heteroatoms. The summed E-state index contributed by atoms with van der Waals surface area (Å²) in [5.41, 5.74) is 4.05. The summed E-state index contributed by atoms with van der Waals surface area (Å²) >= 11 is 6.23.